The van der Waals surface area contributed by atoms with E-state index in [0.29, 0.717) is 16.5 Å². The van der Waals surface area contributed by atoms with E-state index in [-0.39, 0.29) is 5.56 Å². The van der Waals surface area contributed by atoms with Crippen LogP contribution in [0.3, 0.4) is 0 Å². The maximum absolute atomic E-state index is 11.9. The minimum Gasteiger partial charge on any atom is -0.495 e. The van der Waals surface area contributed by atoms with Crippen molar-refractivity contribution >= 4 is 11.6 Å². The van der Waals surface area contributed by atoms with Crippen molar-refractivity contribution in [3.05, 3.63) is 52.3 Å². The van der Waals surface area contributed by atoms with Crippen LogP contribution in [-0.2, 0) is 0 Å². The average molecular weight is 333 g/mol. The first-order valence-corrected chi connectivity index (χ1v) is 7.12. The quantitative estimate of drug-likeness (QED) is 0.721. The van der Waals surface area contributed by atoms with Gasteiger partial charge in [0.2, 0.25) is 0 Å². The molecule has 0 N–H and O–H groups in total. The lowest BCUT2D eigenvalue weighted by Gasteiger charge is -2.12. The van der Waals surface area contributed by atoms with Gasteiger partial charge in [0.05, 0.1) is 30.7 Å². The highest BCUT2D eigenvalue weighted by atomic mass is 35.5. The number of hydrogen-bond donors (Lipinski definition) is 0. The number of aromatic nitrogens is 6. The molecule has 9 heteroatoms. The van der Waals surface area contributed by atoms with Crippen LogP contribution in [0.4, 0.5) is 0 Å². The van der Waals surface area contributed by atoms with Crippen LogP contribution in [0.1, 0.15) is 13.1 Å². The van der Waals surface area contributed by atoms with Gasteiger partial charge in [-0.05, 0) is 13.0 Å². The summed E-state index contributed by atoms with van der Waals surface area (Å²) in [5, 5.41) is 12.5. The molecule has 23 heavy (non-hydrogen) atoms. The Morgan fingerprint density at radius 3 is 2.83 bits per heavy atom. The summed E-state index contributed by atoms with van der Waals surface area (Å²) in [7, 11) is 1.57. The second-order valence-electron chi connectivity index (χ2n) is 4.79. The molecule has 0 aliphatic carbocycles. The monoisotopic (exact) mass is 332 g/mol. The lowest BCUT2D eigenvalue weighted by molar-refractivity contribution is 0.367. The number of nitrogens with zero attached hydrogens (tertiary/aromatic N) is 6. The highest BCUT2D eigenvalue weighted by Gasteiger charge is 2.14. The molecule has 0 spiro atoms. The van der Waals surface area contributed by atoms with Gasteiger partial charge in [-0.1, -0.05) is 16.8 Å². The van der Waals surface area contributed by atoms with Crippen LogP contribution in [0.5, 0.6) is 5.75 Å². The summed E-state index contributed by atoms with van der Waals surface area (Å²) >= 11 is 5.75. The van der Waals surface area contributed by atoms with E-state index in [1.807, 2.05) is 0 Å². The molecule has 0 saturated carbocycles. The predicted octanol–water partition coefficient (Wildman–Crippen LogP) is 1.63. The van der Waals surface area contributed by atoms with Crippen LogP contribution in [0.15, 0.2) is 41.7 Å². The van der Waals surface area contributed by atoms with Crippen LogP contribution < -0.4 is 10.3 Å². The Morgan fingerprint density at radius 1 is 1.26 bits per heavy atom. The maximum atomic E-state index is 11.9. The van der Waals surface area contributed by atoms with Gasteiger partial charge in [0.25, 0.3) is 5.56 Å². The fraction of sp³-hybridized carbons (Fsp3) is 0.214. The molecule has 0 aromatic carbocycles. The van der Waals surface area contributed by atoms with Gasteiger partial charge in [-0.3, -0.25) is 9.78 Å². The zero-order valence-corrected chi connectivity index (χ0v) is 13.2. The topological polar surface area (TPSA) is 87.7 Å². The van der Waals surface area contributed by atoms with Crippen LogP contribution in [0, 0.1) is 0 Å². The first kappa shape index (κ1) is 15.2. The van der Waals surface area contributed by atoms with E-state index in [1.54, 1.807) is 38.7 Å². The number of hydrogen-bond acceptors (Lipinski definition) is 6. The Balaban J connectivity index is 1.93. The lowest BCUT2D eigenvalue weighted by Crippen LogP contribution is -2.29. The molecule has 0 amide bonds. The highest BCUT2D eigenvalue weighted by Crippen LogP contribution is 2.21. The molecule has 3 rings (SSSR count). The molecular formula is C14H13ClN6O2. The zero-order valence-electron chi connectivity index (χ0n) is 12.4. The Labute approximate surface area is 136 Å². The molecule has 3 aromatic heterocycles. The van der Waals surface area contributed by atoms with Crippen molar-refractivity contribution in [2.75, 3.05) is 7.11 Å². The van der Waals surface area contributed by atoms with Crippen molar-refractivity contribution in [1.29, 1.82) is 0 Å². The Kier molecular flexibility index (Phi) is 4.07. The molecule has 1 unspecified atom stereocenters. The number of pyridine rings is 1. The van der Waals surface area contributed by atoms with E-state index in [4.69, 9.17) is 16.3 Å². The molecular weight excluding hydrogens is 320 g/mol. The first-order chi connectivity index (χ1) is 11.1. The van der Waals surface area contributed by atoms with Crippen molar-refractivity contribution in [1.82, 2.24) is 29.8 Å². The number of halogens is 1. The van der Waals surface area contributed by atoms with Crippen molar-refractivity contribution in [2.45, 2.75) is 13.1 Å². The second-order valence-corrected chi connectivity index (χ2v) is 5.22. The molecule has 0 bridgehead atoms. The average Bonchev–Trinajstić information content (AvgIpc) is 3.04. The molecule has 3 aromatic rings. The van der Waals surface area contributed by atoms with Crippen molar-refractivity contribution in [2.24, 2.45) is 0 Å². The normalized spacial score (nSPS) is 12.1. The van der Waals surface area contributed by atoms with E-state index in [2.05, 4.69) is 20.4 Å². The third-order valence-corrected chi connectivity index (χ3v) is 3.49. The van der Waals surface area contributed by atoms with E-state index >= 15 is 0 Å². The first-order valence-electron chi connectivity index (χ1n) is 6.74. The summed E-state index contributed by atoms with van der Waals surface area (Å²) in [6, 6.07) is 3.10. The van der Waals surface area contributed by atoms with E-state index in [9.17, 15) is 4.79 Å². The highest BCUT2D eigenvalue weighted by molar-refractivity contribution is 6.30. The second kappa shape index (κ2) is 6.17. The van der Waals surface area contributed by atoms with Crippen molar-refractivity contribution in [3.63, 3.8) is 0 Å². The van der Waals surface area contributed by atoms with E-state index in [1.165, 1.54) is 21.6 Å². The van der Waals surface area contributed by atoms with Gasteiger partial charge in [-0.15, -0.1) is 5.10 Å². The molecule has 0 fully saturated rings. The summed E-state index contributed by atoms with van der Waals surface area (Å²) in [4.78, 5) is 16.0. The van der Waals surface area contributed by atoms with Gasteiger partial charge in [0.15, 0.2) is 0 Å². The largest absolute Gasteiger partial charge is 0.495 e. The molecule has 0 aliphatic rings. The van der Waals surface area contributed by atoms with Gasteiger partial charge < -0.3 is 4.74 Å². The number of ether oxygens (including phenoxy) is 1. The van der Waals surface area contributed by atoms with E-state index < -0.39 is 6.17 Å². The number of methoxy groups -OCH3 is 1. The number of rotatable bonds is 4. The summed E-state index contributed by atoms with van der Waals surface area (Å²) in [6.45, 7) is 1.78. The lowest BCUT2D eigenvalue weighted by atomic mass is 10.2. The summed E-state index contributed by atoms with van der Waals surface area (Å²) in [5.74, 6) is 0.626. The third-order valence-electron chi connectivity index (χ3n) is 3.28. The predicted molar refractivity (Wildman–Crippen MR) is 83.4 cm³/mol. The van der Waals surface area contributed by atoms with Crippen LogP contribution in [-0.4, -0.2) is 36.9 Å². The van der Waals surface area contributed by atoms with Crippen molar-refractivity contribution < 1.29 is 4.74 Å². The van der Waals surface area contributed by atoms with Crippen molar-refractivity contribution in [3.8, 4) is 17.0 Å². The van der Waals surface area contributed by atoms with Crippen LogP contribution in [0.25, 0.3) is 11.3 Å². The molecule has 0 saturated heterocycles. The molecule has 8 nitrogen and oxygen atoms in total. The van der Waals surface area contributed by atoms with Crippen LogP contribution >= 0.6 is 11.6 Å². The van der Waals surface area contributed by atoms with Crippen LogP contribution in [0.2, 0.25) is 5.02 Å². The fourth-order valence-corrected chi connectivity index (χ4v) is 2.19. The zero-order chi connectivity index (χ0) is 16.4. The maximum Gasteiger partial charge on any atom is 0.270 e. The fourth-order valence-electron chi connectivity index (χ4n) is 2.05. The molecule has 0 radical (unpaired) electrons. The van der Waals surface area contributed by atoms with Gasteiger partial charge >= 0.3 is 0 Å². The Morgan fingerprint density at radius 2 is 2.09 bits per heavy atom. The smallest absolute Gasteiger partial charge is 0.270 e. The Bertz CT molecular complexity index is 891. The van der Waals surface area contributed by atoms with E-state index in [0.717, 1.165) is 5.56 Å². The third kappa shape index (κ3) is 3.07. The summed E-state index contributed by atoms with van der Waals surface area (Å²) < 4.78 is 7.95. The summed E-state index contributed by atoms with van der Waals surface area (Å²) in [6.07, 6.45) is 5.94. The van der Waals surface area contributed by atoms with Gasteiger partial charge in [0.1, 0.15) is 17.6 Å². The standard InChI is InChI=1S/C14H13ClN6O2/c1-9(21-14(22)4-11(15)6-17-21)20-8-13(18-19-20)10-3-12(23-2)7-16-5-10/h3-9H,1-2H3. The summed E-state index contributed by atoms with van der Waals surface area (Å²) in [5.41, 5.74) is 1.06. The van der Waals surface area contributed by atoms with Gasteiger partial charge in [-0.2, -0.15) is 5.10 Å². The van der Waals surface area contributed by atoms with Gasteiger partial charge in [0, 0.05) is 17.8 Å². The van der Waals surface area contributed by atoms with Gasteiger partial charge in [-0.25, -0.2) is 9.36 Å². The Hall–Kier alpha value is -2.74. The molecule has 3 heterocycles. The SMILES string of the molecule is COc1cncc(-c2cn(C(C)n3ncc(Cl)cc3=O)nn2)c1. The molecule has 1 atom stereocenters. The minimum atomic E-state index is -0.445. The minimum absolute atomic E-state index is 0.292. The molecule has 0 aliphatic heterocycles. The molecule has 118 valence electrons.